The molecule has 2 amide bonds. The van der Waals surface area contributed by atoms with E-state index in [9.17, 15) is 9.59 Å². The number of anilines is 2. The fourth-order valence-electron chi connectivity index (χ4n) is 4.77. The highest BCUT2D eigenvalue weighted by Gasteiger charge is 2.18. The number of hydrogen-bond donors (Lipinski definition) is 3. The van der Waals surface area contributed by atoms with Crippen molar-refractivity contribution in [1.82, 2.24) is 20.0 Å². The maximum atomic E-state index is 13.2. The fourth-order valence-corrected chi connectivity index (χ4v) is 4.77. The van der Waals surface area contributed by atoms with Crippen LogP contribution in [0.15, 0.2) is 47.5 Å². The molecule has 0 saturated carbocycles. The van der Waals surface area contributed by atoms with Gasteiger partial charge in [0.25, 0.3) is 5.91 Å². The third-order valence-electron chi connectivity index (χ3n) is 7.41. The van der Waals surface area contributed by atoms with Crippen LogP contribution < -0.4 is 16.0 Å². The van der Waals surface area contributed by atoms with E-state index in [0.29, 0.717) is 31.6 Å². The van der Waals surface area contributed by atoms with Crippen LogP contribution in [0.4, 0.5) is 17.1 Å². The SMILES string of the molecule is C=Nc1ccccc1NCCN(C)C(=O)c1ccc2c(c1)CN(CCNC(=O)CCCCCN(C)CC)CCN2. The summed E-state index contributed by atoms with van der Waals surface area (Å²) < 4.78 is 0. The summed E-state index contributed by atoms with van der Waals surface area (Å²) in [6, 6.07) is 13.6. The molecule has 2 aromatic carbocycles. The van der Waals surface area contributed by atoms with Crippen molar-refractivity contribution < 1.29 is 9.59 Å². The Morgan fingerprint density at radius 3 is 2.70 bits per heavy atom. The van der Waals surface area contributed by atoms with Crippen molar-refractivity contribution in [3.8, 4) is 0 Å². The molecule has 3 N–H and O–H groups in total. The second-order valence-electron chi connectivity index (χ2n) is 10.5. The fraction of sp³-hybridized carbons (Fsp3) is 0.516. The van der Waals surface area contributed by atoms with Gasteiger partial charge in [-0.3, -0.25) is 19.5 Å². The second-order valence-corrected chi connectivity index (χ2v) is 10.5. The summed E-state index contributed by atoms with van der Waals surface area (Å²) in [6.45, 7) is 12.9. The molecule has 3 rings (SSSR count). The lowest BCUT2D eigenvalue weighted by Gasteiger charge is -2.21. The zero-order valence-corrected chi connectivity index (χ0v) is 24.5. The number of unbranched alkanes of at least 4 members (excludes halogenated alkanes) is 2. The van der Waals surface area contributed by atoms with Crippen molar-refractivity contribution in [2.24, 2.45) is 4.99 Å². The van der Waals surface area contributed by atoms with Crippen LogP contribution >= 0.6 is 0 Å². The number of fused-ring (bicyclic) bond motifs is 1. The first kappa shape index (κ1) is 31.1. The van der Waals surface area contributed by atoms with Gasteiger partial charge in [0.1, 0.15) is 0 Å². The Balaban J connectivity index is 1.43. The number of nitrogens with zero attached hydrogens (tertiary/aromatic N) is 4. The molecule has 0 fully saturated rings. The van der Waals surface area contributed by atoms with Gasteiger partial charge in [0.05, 0.1) is 11.4 Å². The number of amides is 2. The molecule has 9 heteroatoms. The lowest BCUT2D eigenvalue weighted by Crippen LogP contribution is -2.35. The summed E-state index contributed by atoms with van der Waals surface area (Å²) in [5.41, 5.74) is 4.54. The summed E-state index contributed by atoms with van der Waals surface area (Å²) >= 11 is 0. The van der Waals surface area contributed by atoms with Crippen LogP contribution in [-0.2, 0) is 11.3 Å². The van der Waals surface area contributed by atoms with E-state index in [0.717, 1.165) is 81.2 Å². The van der Waals surface area contributed by atoms with Gasteiger partial charge in [0.2, 0.25) is 5.91 Å². The molecule has 218 valence electrons. The smallest absolute Gasteiger partial charge is 0.253 e. The maximum Gasteiger partial charge on any atom is 0.253 e. The Morgan fingerprint density at radius 1 is 1.07 bits per heavy atom. The minimum Gasteiger partial charge on any atom is -0.383 e. The van der Waals surface area contributed by atoms with Crippen molar-refractivity contribution in [2.75, 3.05) is 77.1 Å². The molecule has 1 heterocycles. The maximum absolute atomic E-state index is 13.2. The number of aliphatic imine (C=N–C) groups is 1. The Labute approximate surface area is 240 Å². The quantitative estimate of drug-likeness (QED) is 0.216. The minimum absolute atomic E-state index is 0.0101. The summed E-state index contributed by atoms with van der Waals surface area (Å²) in [7, 11) is 3.95. The predicted molar refractivity (Wildman–Crippen MR) is 166 cm³/mol. The van der Waals surface area contributed by atoms with Gasteiger partial charge in [0, 0.05) is 70.5 Å². The Morgan fingerprint density at radius 2 is 1.90 bits per heavy atom. The third-order valence-corrected chi connectivity index (χ3v) is 7.41. The Kier molecular flexibility index (Phi) is 12.9. The molecule has 0 unspecified atom stereocenters. The lowest BCUT2D eigenvalue weighted by atomic mass is 10.1. The van der Waals surface area contributed by atoms with Gasteiger partial charge in [-0.1, -0.05) is 25.5 Å². The molecule has 0 aliphatic carbocycles. The molecule has 0 aromatic heterocycles. The number of carbonyl (C=O) groups is 2. The minimum atomic E-state index is -0.0101. The van der Waals surface area contributed by atoms with E-state index in [1.807, 2.05) is 49.5 Å². The molecule has 0 saturated heterocycles. The molecule has 0 radical (unpaired) electrons. The number of rotatable bonds is 16. The van der Waals surface area contributed by atoms with Crippen LogP contribution in [0.5, 0.6) is 0 Å². The lowest BCUT2D eigenvalue weighted by molar-refractivity contribution is -0.121. The first-order chi connectivity index (χ1) is 19.4. The zero-order valence-electron chi connectivity index (χ0n) is 24.5. The first-order valence-electron chi connectivity index (χ1n) is 14.5. The van der Waals surface area contributed by atoms with Crippen molar-refractivity contribution in [3.63, 3.8) is 0 Å². The Hall–Kier alpha value is -3.43. The average molecular weight is 550 g/mol. The van der Waals surface area contributed by atoms with Gasteiger partial charge in [-0.15, -0.1) is 0 Å². The van der Waals surface area contributed by atoms with Gasteiger partial charge in [-0.05, 0) is 75.6 Å². The van der Waals surface area contributed by atoms with E-state index < -0.39 is 0 Å². The standard InChI is InChI=1S/C31H47N7O2/c1-5-36(3)19-10-6-7-13-30(39)35-18-22-38-21-17-33-27-15-14-25(23-26(27)24-38)31(40)37(4)20-16-34-29-12-9-8-11-28(29)32-2/h8-9,11-12,14-15,23,33-34H,2,5-7,10,13,16-22,24H2,1,3-4H3,(H,35,39). The van der Waals surface area contributed by atoms with Gasteiger partial charge in [-0.2, -0.15) is 0 Å². The number of likely N-dealkylation sites (N-methyl/N-ethyl adjacent to an activating group) is 1. The van der Waals surface area contributed by atoms with Crippen molar-refractivity contribution in [3.05, 3.63) is 53.6 Å². The topological polar surface area (TPSA) is 92.3 Å². The normalized spacial score (nSPS) is 13.2. The third kappa shape index (κ3) is 9.95. The van der Waals surface area contributed by atoms with E-state index in [1.54, 1.807) is 4.90 Å². The summed E-state index contributed by atoms with van der Waals surface area (Å²) in [6.07, 6.45) is 3.74. The van der Waals surface area contributed by atoms with Gasteiger partial charge >= 0.3 is 0 Å². The molecule has 0 atom stereocenters. The molecule has 1 aliphatic heterocycles. The van der Waals surface area contributed by atoms with Crippen LogP contribution in [0.3, 0.4) is 0 Å². The highest BCUT2D eigenvalue weighted by molar-refractivity contribution is 5.94. The van der Waals surface area contributed by atoms with Gasteiger partial charge < -0.3 is 25.8 Å². The number of hydrogen-bond acceptors (Lipinski definition) is 7. The molecule has 40 heavy (non-hydrogen) atoms. The second kappa shape index (κ2) is 16.6. The Bertz CT molecular complexity index is 1110. The van der Waals surface area contributed by atoms with Crippen LogP contribution in [0.2, 0.25) is 0 Å². The van der Waals surface area contributed by atoms with Crippen LogP contribution in [0.25, 0.3) is 0 Å². The van der Waals surface area contributed by atoms with Crippen molar-refractivity contribution in [1.29, 1.82) is 0 Å². The van der Waals surface area contributed by atoms with E-state index >= 15 is 0 Å². The van der Waals surface area contributed by atoms with Crippen LogP contribution in [0.1, 0.15) is 48.5 Å². The van der Waals surface area contributed by atoms with Crippen molar-refractivity contribution in [2.45, 2.75) is 39.2 Å². The van der Waals surface area contributed by atoms with Gasteiger partial charge in [-0.25, -0.2) is 0 Å². The highest BCUT2D eigenvalue weighted by atomic mass is 16.2. The largest absolute Gasteiger partial charge is 0.383 e. The number of carbonyl (C=O) groups excluding carboxylic acids is 2. The van der Waals surface area contributed by atoms with Crippen LogP contribution in [0, 0.1) is 0 Å². The molecule has 0 bridgehead atoms. The average Bonchev–Trinajstić information content (AvgIpc) is 3.17. The summed E-state index contributed by atoms with van der Waals surface area (Å²) in [4.78, 5) is 35.8. The van der Waals surface area contributed by atoms with E-state index in [-0.39, 0.29) is 11.8 Å². The van der Waals surface area contributed by atoms with E-state index in [2.05, 4.69) is 51.4 Å². The summed E-state index contributed by atoms with van der Waals surface area (Å²) in [5.74, 6) is 0.121. The molecule has 2 aromatic rings. The summed E-state index contributed by atoms with van der Waals surface area (Å²) in [5, 5.41) is 9.90. The molecule has 9 nitrogen and oxygen atoms in total. The molecule has 1 aliphatic rings. The number of nitrogens with one attached hydrogen (secondary N) is 3. The van der Waals surface area contributed by atoms with Crippen LogP contribution in [-0.4, -0.2) is 99.7 Å². The number of benzene rings is 2. The zero-order chi connectivity index (χ0) is 28.7. The number of para-hydroxylation sites is 2. The monoisotopic (exact) mass is 549 g/mol. The molecular weight excluding hydrogens is 502 g/mol. The van der Waals surface area contributed by atoms with E-state index in [1.165, 1.54) is 0 Å². The first-order valence-corrected chi connectivity index (χ1v) is 14.5. The van der Waals surface area contributed by atoms with Gasteiger partial charge in [0.15, 0.2) is 0 Å². The predicted octanol–water partition coefficient (Wildman–Crippen LogP) is 4.06. The van der Waals surface area contributed by atoms with Crippen molar-refractivity contribution >= 4 is 35.6 Å². The highest BCUT2D eigenvalue weighted by Crippen LogP contribution is 2.24. The molecular formula is C31H47N7O2. The van der Waals surface area contributed by atoms with E-state index in [4.69, 9.17) is 0 Å². The molecule has 0 spiro atoms.